The first kappa shape index (κ1) is 12.8. The van der Waals surface area contributed by atoms with E-state index in [0.29, 0.717) is 12.0 Å². The molecule has 0 unspecified atom stereocenters. The van der Waals surface area contributed by atoms with Crippen LogP contribution in [-0.2, 0) is 0 Å². The zero-order valence-electron chi connectivity index (χ0n) is 11.0. The lowest BCUT2D eigenvalue weighted by Gasteiger charge is -2.31. The Labute approximate surface area is 107 Å². The lowest BCUT2D eigenvalue weighted by molar-refractivity contribution is 0.338. The van der Waals surface area contributed by atoms with Gasteiger partial charge in [0.15, 0.2) is 0 Å². The van der Waals surface area contributed by atoms with E-state index < -0.39 is 0 Å². The van der Waals surface area contributed by atoms with Gasteiger partial charge in [-0.25, -0.2) is 0 Å². The molecule has 7 nitrogen and oxygen atoms in total. The average Bonchev–Trinajstić information content (AvgIpc) is 2.46. The second-order valence-electron chi connectivity index (χ2n) is 4.16. The second kappa shape index (κ2) is 5.81. The van der Waals surface area contributed by atoms with Gasteiger partial charge in [-0.2, -0.15) is 9.97 Å². The van der Waals surface area contributed by atoms with Gasteiger partial charge in [-0.1, -0.05) is 0 Å². The third-order valence-electron chi connectivity index (χ3n) is 3.13. The van der Waals surface area contributed by atoms with Crippen LogP contribution in [-0.4, -0.2) is 55.4 Å². The maximum Gasteiger partial charge on any atom is 0.324 e. The van der Waals surface area contributed by atoms with Crippen molar-refractivity contribution in [2.24, 2.45) is 0 Å². The van der Waals surface area contributed by atoms with Crippen LogP contribution in [0.3, 0.4) is 0 Å². The van der Waals surface area contributed by atoms with Crippen molar-refractivity contribution in [3.05, 3.63) is 0 Å². The predicted octanol–water partition coefficient (Wildman–Crippen LogP) is 0.0770. The number of anilines is 1. The molecular formula is C11H19N5O2. The molecule has 0 aliphatic carbocycles. The fraction of sp³-hybridized carbons (Fsp3) is 0.727. The Morgan fingerprint density at radius 3 is 2.06 bits per heavy atom. The molecule has 1 aliphatic heterocycles. The topological polar surface area (TPSA) is 72.4 Å². The summed E-state index contributed by atoms with van der Waals surface area (Å²) >= 11 is 0. The van der Waals surface area contributed by atoms with Crippen LogP contribution in [0.2, 0.25) is 0 Å². The van der Waals surface area contributed by atoms with Gasteiger partial charge in [0.2, 0.25) is 5.95 Å². The molecule has 0 spiro atoms. The monoisotopic (exact) mass is 253 g/mol. The van der Waals surface area contributed by atoms with E-state index in [1.807, 2.05) is 7.05 Å². The number of methoxy groups -OCH3 is 2. The minimum Gasteiger partial charge on any atom is -0.467 e. The molecule has 2 rings (SSSR count). The van der Waals surface area contributed by atoms with Gasteiger partial charge in [-0.05, 0) is 19.9 Å². The number of hydrogen-bond donors (Lipinski definition) is 1. The largest absolute Gasteiger partial charge is 0.467 e. The van der Waals surface area contributed by atoms with Crippen LogP contribution < -0.4 is 19.7 Å². The van der Waals surface area contributed by atoms with Crippen LogP contribution in [0.4, 0.5) is 5.95 Å². The molecule has 0 bridgehead atoms. The Balaban J connectivity index is 2.13. The minimum absolute atomic E-state index is 0.285. The molecule has 2 heterocycles. The lowest BCUT2D eigenvalue weighted by Crippen LogP contribution is -2.42. The molecule has 1 aromatic rings. The summed E-state index contributed by atoms with van der Waals surface area (Å²) in [5, 5.41) is 3.29. The highest BCUT2D eigenvalue weighted by Gasteiger charge is 2.21. The van der Waals surface area contributed by atoms with Crippen molar-refractivity contribution in [2.45, 2.75) is 18.9 Å². The summed E-state index contributed by atoms with van der Waals surface area (Å²) in [5.74, 6) is 0.619. The third-order valence-corrected chi connectivity index (χ3v) is 3.13. The summed E-state index contributed by atoms with van der Waals surface area (Å²) in [5.41, 5.74) is 0. The number of piperidine rings is 1. The van der Waals surface area contributed by atoms with Gasteiger partial charge in [0.25, 0.3) is 0 Å². The van der Waals surface area contributed by atoms with Gasteiger partial charge in [-0.15, -0.1) is 4.98 Å². The van der Waals surface area contributed by atoms with Crippen LogP contribution in [0, 0.1) is 0 Å². The molecule has 7 heteroatoms. The minimum atomic E-state index is 0.285. The molecule has 100 valence electrons. The number of ether oxygens (including phenoxy) is 2. The molecule has 0 radical (unpaired) electrons. The summed E-state index contributed by atoms with van der Waals surface area (Å²) in [6, 6.07) is 1.15. The Bertz CT molecular complexity index is 371. The fourth-order valence-electron chi connectivity index (χ4n) is 2.02. The summed E-state index contributed by atoms with van der Waals surface area (Å²) in [6.07, 6.45) is 2.15. The van der Waals surface area contributed by atoms with E-state index >= 15 is 0 Å². The number of nitrogens with zero attached hydrogens (tertiary/aromatic N) is 4. The van der Waals surface area contributed by atoms with Gasteiger partial charge in [0.05, 0.1) is 14.2 Å². The molecule has 1 fully saturated rings. The van der Waals surface area contributed by atoms with Gasteiger partial charge in [0, 0.05) is 19.1 Å². The first-order chi connectivity index (χ1) is 8.76. The average molecular weight is 253 g/mol. The Morgan fingerprint density at radius 1 is 1.06 bits per heavy atom. The second-order valence-corrected chi connectivity index (χ2v) is 4.16. The van der Waals surface area contributed by atoms with E-state index in [2.05, 4.69) is 25.2 Å². The van der Waals surface area contributed by atoms with Crippen molar-refractivity contribution in [3.63, 3.8) is 0 Å². The Morgan fingerprint density at radius 2 is 1.61 bits per heavy atom. The van der Waals surface area contributed by atoms with Crippen molar-refractivity contribution >= 4 is 5.95 Å². The molecule has 1 aromatic heterocycles. The quantitative estimate of drug-likeness (QED) is 0.814. The highest BCUT2D eigenvalue weighted by atomic mass is 16.5. The molecule has 18 heavy (non-hydrogen) atoms. The maximum absolute atomic E-state index is 5.05. The number of hydrogen-bond acceptors (Lipinski definition) is 7. The third kappa shape index (κ3) is 2.79. The van der Waals surface area contributed by atoms with Gasteiger partial charge in [0.1, 0.15) is 0 Å². The van der Waals surface area contributed by atoms with Crippen LogP contribution in [0.1, 0.15) is 12.8 Å². The highest BCUT2D eigenvalue weighted by Crippen LogP contribution is 2.19. The van der Waals surface area contributed by atoms with Gasteiger partial charge < -0.3 is 19.7 Å². The number of aromatic nitrogens is 3. The smallest absolute Gasteiger partial charge is 0.324 e. The van der Waals surface area contributed by atoms with E-state index in [1.54, 1.807) is 0 Å². The Hall–Kier alpha value is -1.63. The molecule has 0 atom stereocenters. The van der Waals surface area contributed by atoms with Crippen molar-refractivity contribution in [3.8, 4) is 12.0 Å². The molecule has 0 aromatic carbocycles. The zero-order valence-corrected chi connectivity index (χ0v) is 11.0. The number of rotatable bonds is 4. The highest BCUT2D eigenvalue weighted by molar-refractivity contribution is 5.32. The predicted molar refractivity (Wildman–Crippen MR) is 67.2 cm³/mol. The molecule has 0 saturated carbocycles. The van der Waals surface area contributed by atoms with E-state index in [-0.39, 0.29) is 12.0 Å². The molecular weight excluding hydrogens is 234 g/mol. The first-order valence-electron chi connectivity index (χ1n) is 6.03. The first-order valence-corrected chi connectivity index (χ1v) is 6.03. The molecule has 0 amide bonds. The summed E-state index contributed by atoms with van der Waals surface area (Å²) in [6.45, 7) is 1.84. The van der Waals surface area contributed by atoms with E-state index in [0.717, 1.165) is 25.9 Å². The standard InChI is InChI=1S/C11H19N5O2/c1-12-8-4-6-16(7-5-8)9-13-10(17-2)15-11(14-9)18-3/h8,12H,4-7H2,1-3H3. The van der Waals surface area contributed by atoms with Gasteiger partial charge in [-0.3, -0.25) is 0 Å². The van der Waals surface area contributed by atoms with E-state index in [9.17, 15) is 0 Å². The fourth-order valence-corrected chi connectivity index (χ4v) is 2.02. The zero-order chi connectivity index (χ0) is 13.0. The van der Waals surface area contributed by atoms with Crippen LogP contribution in [0.5, 0.6) is 12.0 Å². The lowest BCUT2D eigenvalue weighted by atomic mass is 10.1. The van der Waals surface area contributed by atoms with Crippen molar-refractivity contribution in [1.29, 1.82) is 0 Å². The van der Waals surface area contributed by atoms with Crippen molar-refractivity contribution in [2.75, 3.05) is 39.3 Å². The van der Waals surface area contributed by atoms with E-state index in [1.165, 1.54) is 14.2 Å². The van der Waals surface area contributed by atoms with Crippen LogP contribution in [0.15, 0.2) is 0 Å². The van der Waals surface area contributed by atoms with Crippen LogP contribution >= 0.6 is 0 Å². The summed E-state index contributed by atoms with van der Waals surface area (Å²) < 4.78 is 10.1. The van der Waals surface area contributed by atoms with Gasteiger partial charge >= 0.3 is 12.0 Å². The maximum atomic E-state index is 5.05. The molecule has 1 aliphatic rings. The number of nitrogens with one attached hydrogen (secondary N) is 1. The molecule has 1 saturated heterocycles. The van der Waals surface area contributed by atoms with E-state index in [4.69, 9.17) is 9.47 Å². The summed E-state index contributed by atoms with van der Waals surface area (Å²) in [7, 11) is 5.06. The van der Waals surface area contributed by atoms with Crippen molar-refractivity contribution in [1.82, 2.24) is 20.3 Å². The molecule has 1 N–H and O–H groups in total. The van der Waals surface area contributed by atoms with Crippen molar-refractivity contribution < 1.29 is 9.47 Å². The van der Waals surface area contributed by atoms with Crippen LogP contribution in [0.25, 0.3) is 0 Å². The SMILES string of the molecule is CNC1CCN(c2nc(OC)nc(OC)n2)CC1. The normalized spacial score (nSPS) is 16.7. The summed E-state index contributed by atoms with van der Waals surface area (Å²) in [4.78, 5) is 14.6. The Kier molecular flexibility index (Phi) is 4.14.